The van der Waals surface area contributed by atoms with Crippen molar-refractivity contribution >= 4 is 5.97 Å². The van der Waals surface area contributed by atoms with Crippen LogP contribution in [0.4, 0.5) is 4.39 Å². The van der Waals surface area contributed by atoms with Crippen LogP contribution in [0.1, 0.15) is 43.1 Å². The molecule has 1 unspecified atom stereocenters. The van der Waals surface area contributed by atoms with Gasteiger partial charge in [0.15, 0.2) is 0 Å². The highest BCUT2D eigenvalue weighted by Crippen LogP contribution is 2.16. The third-order valence-corrected chi connectivity index (χ3v) is 2.96. The molecule has 0 aliphatic rings. The highest BCUT2D eigenvalue weighted by Gasteiger charge is 2.21. The van der Waals surface area contributed by atoms with Gasteiger partial charge >= 0.3 is 5.97 Å². The normalized spacial score (nSPS) is 14.3. The third kappa shape index (κ3) is 5.27. The Balaban J connectivity index is 2.62. The number of carbonyl (C=O) groups is 1. The van der Waals surface area contributed by atoms with E-state index >= 15 is 0 Å². The number of nitrogens with one attached hydrogen (secondary N) is 1. The minimum absolute atomic E-state index is 0.0529. The first-order chi connectivity index (χ1) is 9.21. The van der Waals surface area contributed by atoms with Crippen molar-refractivity contribution in [1.82, 2.24) is 5.32 Å². The molecule has 0 aliphatic heterocycles. The zero-order chi connectivity index (χ0) is 15.3. The van der Waals surface area contributed by atoms with Gasteiger partial charge in [-0.25, -0.2) is 9.18 Å². The number of rotatable bonds is 7. The molecule has 3 N–H and O–H groups in total. The van der Waals surface area contributed by atoms with Crippen LogP contribution >= 0.6 is 0 Å². The lowest BCUT2D eigenvalue weighted by Gasteiger charge is -2.25. The van der Waals surface area contributed by atoms with Gasteiger partial charge in [-0.15, -0.1) is 0 Å². The van der Waals surface area contributed by atoms with E-state index in [0.29, 0.717) is 18.9 Å². The molecule has 0 fully saturated rings. The summed E-state index contributed by atoms with van der Waals surface area (Å²) in [6.07, 6.45) is 0.637. The van der Waals surface area contributed by atoms with Crippen LogP contribution in [0.3, 0.4) is 0 Å². The number of hydrogen-bond donors (Lipinski definition) is 3. The minimum atomic E-state index is -1.09. The van der Waals surface area contributed by atoms with E-state index in [0.717, 1.165) is 6.07 Å². The van der Waals surface area contributed by atoms with Crippen LogP contribution in [0.25, 0.3) is 0 Å². The van der Waals surface area contributed by atoms with Gasteiger partial charge in [-0.3, -0.25) is 0 Å². The molecule has 0 aliphatic carbocycles. The fourth-order valence-electron chi connectivity index (χ4n) is 2.26. The van der Waals surface area contributed by atoms with Gasteiger partial charge in [0.25, 0.3) is 0 Å². The molecule has 0 amide bonds. The summed E-state index contributed by atoms with van der Waals surface area (Å²) in [5, 5.41) is 22.0. The topological polar surface area (TPSA) is 69.6 Å². The first-order valence-electron chi connectivity index (χ1n) is 6.66. The molecule has 5 heteroatoms. The van der Waals surface area contributed by atoms with Crippen LogP contribution in [-0.4, -0.2) is 28.3 Å². The Labute approximate surface area is 118 Å². The van der Waals surface area contributed by atoms with Crippen molar-refractivity contribution in [2.75, 3.05) is 6.54 Å². The summed E-state index contributed by atoms with van der Waals surface area (Å²) in [7, 11) is 0. The standard InChI is InChI=1S/C15H22FNO3/c1-10(2)7-15(3,20)9-17-8-12-6-11(14(18)19)4-5-13(12)16/h4-6,10,17,20H,7-9H2,1-3H3,(H,18,19). The van der Waals surface area contributed by atoms with Crippen LogP contribution in [0.2, 0.25) is 0 Å². The van der Waals surface area contributed by atoms with E-state index < -0.39 is 17.4 Å². The second kappa shape index (κ2) is 6.81. The van der Waals surface area contributed by atoms with E-state index in [1.807, 2.05) is 13.8 Å². The lowest BCUT2D eigenvalue weighted by atomic mass is 9.94. The van der Waals surface area contributed by atoms with Crippen molar-refractivity contribution < 1.29 is 19.4 Å². The molecule has 1 rings (SSSR count). The van der Waals surface area contributed by atoms with Gasteiger partial charge in [0.05, 0.1) is 11.2 Å². The van der Waals surface area contributed by atoms with E-state index in [1.54, 1.807) is 6.92 Å². The van der Waals surface area contributed by atoms with Crippen LogP contribution in [-0.2, 0) is 6.54 Å². The SMILES string of the molecule is CC(C)CC(C)(O)CNCc1cc(C(=O)O)ccc1F. The van der Waals surface area contributed by atoms with E-state index in [4.69, 9.17) is 5.11 Å². The van der Waals surface area contributed by atoms with Crippen LogP contribution in [0.5, 0.6) is 0 Å². The molecular weight excluding hydrogens is 261 g/mol. The van der Waals surface area contributed by atoms with Crippen LogP contribution < -0.4 is 5.32 Å². The molecule has 1 atom stereocenters. The average Bonchev–Trinajstić information content (AvgIpc) is 2.29. The van der Waals surface area contributed by atoms with Gasteiger partial charge in [0, 0.05) is 18.7 Å². The quantitative estimate of drug-likeness (QED) is 0.718. The van der Waals surface area contributed by atoms with Crippen LogP contribution in [0.15, 0.2) is 18.2 Å². The fourth-order valence-corrected chi connectivity index (χ4v) is 2.26. The van der Waals surface area contributed by atoms with Crippen molar-refractivity contribution in [3.8, 4) is 0 Å². The zero-order valence-electron chi connectivity index (χ0n) is 12.1. The summed E-state index contributed by atoms with van der Waals surface area (Å²) < 4.78 is 13.6. The maximum absolute atomic E-state index is 13.6. The van der Waals surface area contributed by atoms with Crippen molar-refractivity contribution in [3.05, 3.63) is 35.1 Å². The summed E-state index contributed by atoms with van der Waals surface area (Å²) in [6.45, 7) is 6.27. The zero-order valence-corrected chi connectivity index (χ0v) is 12.1. The first kappa shape index (κ1) is 16.6. The second-order valence-electron chi connectivity index (χ2n) is 5.81. The lowest BCUT2D eigenvalue weighted by Crippen LogP contribution is -2.38. The van der Waals surface area contributed by atoms with Crippen molar-refractivity contribution in [2.45, 2.75) is 39.3 Å². The molecule has 0 aromatic heterocycles. The van der Waals surface area contributed by atoms with Gasteiger partial charge in [0.1, 0.15) is 5.82 Å². The van der Waals surface area contributed by atoms with Crippen molar-refractivity contribution in [3.63, 3.8) is 0 Å². The fraction of sp³-hybridized carbons (Fsp3) is 0.533. The summed E-state index contributed by atoms with van der Waals surface area (Å²) in [6, 6.07) is 3.69. The minimum Gasteiger partial charge on any atom is -0.478 e. The largest absolute Gasteiger partial charge is 0.478 e. The molecule has 0 spiro atoms. The van der Waals surface area contributed by atoms with Gasteiger partial charge in [-0.2, -0.15) is 0 Å². The van der Waals surface area contributed by atoms with Crippen molar-refractivity contribution in [1.29, 1.82) is 0 Å². The molecule has 1 aromatic carbocycles. The lowest BCUT2D eigenvalue weighted by molar-refractivity contribution is 0.0382. The summed E-state index contributed by atoms with van der Waals surface area (Å²) in [5.41, 5.74) is -0.530. The van der Waals surface area contributed by atoms with Gasteiger partial charge in [-0.1, -0.05) is 13.8 Å². The maximum atomic E-state index is 13.6. The Morgan fingerprint density at radius 1 is 1.45 bits per heavy atom. The maximum Gasteiger partial charge on any atom is 0.335 e. The smallest absolute Gasteiger partial charge is 0.335 e. The Bertz CT molecular complexity index is 472. The highest BCUT2D eigenvalue weighted by molar-refractivity contribution is 5.87. The number of halogens is 1. The first-order valence-corrected chi connectivity index (χ1v) is 6.66. The summed E-state index contributed by atoms with van der Waals surface area (Å²) >= 11 is 0. The molecule has 0 saturated heterocycles. The summed E-state index contributed by atoms with van der Waals surface area (Å²) in [5.74, 6) is -1.18. The van der Waals surface area contributed by atoms with Gasteiger partial charge < -0.3 is 15.5 Å². The van der Waals surface area contributed by atoms with Crippen molar-refractivity contribution in [2.24, 2.45) is 5.92 Å². The monoisotopic (exact) mass is 283 g/mol. The third-order valence-electron chi connectivity index (χ3n) is 2.96. The van der Waals surface area contributed by atoms with Crippen LogP contribution in [0, 0.1) is 11.7 Å². The van der Waals surface area contributed by atoms with E-state index in [2.05, 4.69) is 5.32 Å². The van der Waals surface area contributed by atoms with E-state index in [-0.39, 0.29) is 17.7 Å². The number of aromatic carboxylic acids is 1. The summed E-state index contributed by atoms with van der Waals surface area (Å²) in [4.78, 5) is 10.8. The van der Waals surface area contributed by atoms with E-state index in [9.17, 15) is 14.3 Å². The molecule has 112 valence electrons. The Morgan fingerprint density at radius 3 is 2.65 bits per heavy atom. The number of carboxylic acids is 1. The molecule has 0 radical (unpaired) electrons. The Morgan fingerprint density at radius 2 is 2.10 bits per heavy atom. The number of hydrogen-bond acceptors (Lipinski definition) is 3. The molecule has 4 nitrogen and oxygen atoms in total. The Kier molecular flexibility index (Phi) is 5.65. The number of aliphatic hydroxyl groups is 1. The molecule has 20 heavy (non-hydrogen) atoms. The number of carboxylic acid groups (broad SMARTS) is 1. The molecule has 1 aromatic rings. The number of benzene rings is 1. The molecule has 0 bridgehead atoms. The predicted molar refractivity (Wildman–Crippen MR) is 75.1 cm³/mol. The highest BCUT2D eigenvalue weighted by atomic mass is 19.1. The van der Waals surface area contributed by atoms with E-state index in [1.165, 1.54) is 12.1 Å². The van der Waals surface area contributed by atoms with Gasteiger partial charge in [0.2, 0.25) is 0 Å². The Hall–Kier alpha value is -1.46. The van der Waals surface area contributed by atoms with Gasteiger partial charge in [-0.05, 0) is 37.5 Å². The predicted octanol–water partition coefficient (Wildman–Crippen LogP) is 2.41. The molecular formula is C15H22FNO3. The second-order valence-corrected chi connectivity index (χ2v) is 5.81. The molecule has 0 saturated carbocycles. The molecule has 0 heterocycles. The average molecular weight is 283 g/mol.